The Kier molecular flexibility index (Phi) is 8.39. The Morgan fingerprint density at radius 1 is 1.08 bits per heavy atom. The number of hydrogen-bond acceptors (Lipinski definition) is 3. The van der Waals surface area contributed by atoms with Crippen molar-refractivity contribution >= 4 is 18.3 Å². The van der Waals surface area contributed by atoms with E-state index in [0.29, 0.717) is 18.6 Å². The molecule has 1 saturated heterocycles. The fourth-order valence-electron chi connectivity index (χ4n) is 4.01. The van der Waals surface area contributed by atoms with Gasteiger partial charge in [-0.05, 0) is 50.0 Å². The molecule has 1 unspecified atom stereocenters. The SMILES string of the molecule is CC1CCC(OC2CCN(C(=O)CC(N)c3ccccc3)CC2)CC1.Cl. The van der Waals surface area contributed by atoms with Crippen molar-refractivity contribution in [1.29, 1.82) is 0 Å². The van der Waals surface area contributed by atoms with E-state index in [9.17, 15) is 4.79 Å². The summed E-state index contributed by atoms with van der Waals surface area (Å²) in [5.41, 5.74) is 7.22. The Morgan fingerprint density at radius 3 is 2.27 bits per heavy atom. The summed E-state index contributed by atoms with van der Waals surface area (Å²) < 4.78 is 6.30. The third-order valence-electron chi connectivity index (χ3n) is 5.76. The van der Waals surface area contributed by atoms with Crippen LogP contribution in [0.25, 0.3) is 0 Å². The van der Waals surface area contributed by atoms with Gasteiger partial charge in [0.15, 0.2) is 0 Å². The first-order chi connectivity index (χ1) is 12.1. The summed E-state index contributed by atoms with van der Waals surface area (Å²) in [7, 11) is 0. The Hall–Kier alpha value is -1.10. The maximum Gasteiger partial charge on any atom is 0.224 e. The minimum Gasteiger partial charge on any atom is -0.375 e. The number of carbonyl (C=O) groups excluding carboxylic acids is 1. The smallest absolute Gasteiger partial charge is 0.224 e. The van der Waals surface area contributed by atoms with E-state index in [2.05, 4.69) is 6.92 Å². The third kappa shape index (κ3) is 5.97. The summed E-state index contributed by atoms with van der Waals surface area (Å²) in [6.45, 7) is 3.93. The second-order valence-electron chi connectivity index (χ2n) is 7.82. The van der Waals surface area contributed by atoms with Gasteiger partial charge in [-0.15, -0.1) is 12.4 Å². The first kappa shape index (κ1) is 21.2. The molecule has 2 N–H and O–H groups in total. The number of rotatable bonds is 5. The second-order valence-corrected chi connectivity index (χ2v) is 7.82. The van der Waals surface area contributed by atoms with Crippen LogP contribution in [0.2, 0.25) is 0 Å². The van der Waals surface area contributed by atoms with Crippen molar-refractivity contribution in [2.45, 2.75) is 70.1 Å². The van der Waals surface area contributed by atoms with Crippen LogP contribution in [-0.2, 0) is 9.53 Å². The van der Waals surface area contributed by atoms with Gasteiger partial charge < -0.3 is 15.4 Å². The first-order valence-corrected chi connectivity index (χ1v) is 9.85. The van der Waals surface area contributed by atoms with E-state index in [4.69, 9.17) is 10.5 Å². The van der Waals surface area contributed by atoms with E-state index in [-0.39, 0.29) is 24.4 Å². The normalized spacial score (nSPS) is 25.4. The molecule has 1 heterocycles. The molecular formula is C21H33ClN2O2. The van der Waals surface area contributed by atoms with Crippen LogP contribution in [0.4, 0.5) is 0 Å². The number of benzene rings is 1. The fraction of sp³-hybridized carbons (Fsp3) is 0.667. The van der Waals surface area contributed by atoms with Crippen molar-refractivity contribution in [3.8, 4) is 0 Å². The van der Waals surface area contributed by atoms with Crippen LogP contribution in [0.1, 0.15) is 63.5 Å². The maximum atomic E-state index is 12.5. The van der Waals surface area contributed by atoms with Crippen molar-refractivity contribution in [3.63, 3.8) is 0 Å². The molecule has 1 saturated carbocycles. The molecule has 1 aromatic carbocycles. The minimum atomic E-state index is -0.216. The first-order valence-electron chi connectivity index (χ1n) is 9.85. The number of nitrogens with zero attached hydrogens (tertiary/aromatic N) is 1. The molecule has 1 aliphatic heterocycles. The average molecular weight is 381 g/mol. The number of piperidine rings is 1. The van der Waals surface area contributed by atoms with Crippen molar-refractivity contribution < 1.29 is 9.53 Å². The van der Waals surface area contributed by atoms with Gasteiger partial charge in [0.1, 0.15) is 0 Å². The average Bonchev–Trinajstić information content (AvgIpc) is 2.65. The predicted molar refractivity (Wildman–Crippen MR) is 107 cm³/mol. The summed E-state index contributed by atoms with van der Waals surface area (Å²) in [5, 5.41) is 0. The van der Waals surface area contributed by atoms with Gasteiger partial charge in [-0.1, -0.05) is 37.3 Å². The standard InChI is InChI=1S/C21H32N2O2.ClH/c1-16-7-9-18(10-8-16)25-19-11-13-23(14-12-19)21(24)15-20(22)17-5-3-2-4-6-17;/h2-6,16,18-20H,7-15,22H2,1H3;1H. The Labute approximate surface area is 163 Å². The lowest BCUT2D eigenvalue weighted by molar-refractivity contribution is -0.135. The molecule has 1 atom stereocenters. The second kappa shape index (κ2) is 10.3. The Morgan fingerprint density at radius 2 is 1.65 bits per heavy atom. The lowest BCUT2D eigenvalue weighted by Gasteiger charge is -2.36. The zero-order valence-electron chi connectivity index (χ0n) is 15.8. The van der Waals surface area contributed by atoms with Gasteiger partial charge in [-0.2, -0.15) is 0 Å². The lowest BCUT2D eigenvalue weighted by Crippen LogP contribution is -2.42. The Bertz CT molecular complexity index is 538. The van der Waals surface area contributed by atoms with E-state index in [1.165, 1.54) is 25.7 Å². The molecule has 26 heavy (non-hydrogen) atoms. The van der Waals surface area contributed by atoms with Crippen molar-refractivity contribution in [2.75, 3.05) is 13.1 Å². The number of hydrogen-bond donors (Lipinski definition) is 1. The number of carbonyl (C=O) groups is 1. The summed E-state index contributed by atoms with van der Waals surface area (Å²) in [6.07, 6.45) is 8.05. The van der Waals surface area contributed by atoms with E-state index >= 15 is 0 Å². The van der Waals surface area contributed by atoms with E-state index in [1.54, 1.807) is 0 Å². The highest BCUT2D eigenvalue weighted by molar-refractivity contribution is 5.85. The fourth-order valence-corrected chi connectivity index (χ4v) is 4.01. The summed E-state index contributed by atoms with van der Waals surface area (Å²) in [4.78, 5) is 14.5. The molecule has 0 bridgehead atoms. The summed E-state index contributed by atoms with van der Waals surface area (Å²) in [6, 6.07) is 9.66. The van der Waals surface area contributed by atoms with Gasteiger partial charge in [0.2, 0.25) is 5.91 Å². The molecule has 4 nitrogen and oxygen atoms in total. The van der Waals surface area contributed by atoms with E-state index in [0.717, 1.165) is 37.4 Å². The summed E-state index contributed by atoms with van der Waals surface area (Å²) in [5.74, 6) is 1.02. The monoisotopic (exact) mass is 380 g/mol. The van der Waals surface area contributed by atoms with Crippen LogP contribution in [0, 0.1) is 5.92 Å². The molecule has 0 spiro atoms. The third-order valence-corrected chi connectivity index (χ3v) is 5.76. The molecule has 1 amide bonds. The predicted octanol–water partition coefficient (Wildman–Crippen LogP) is 4.08. The van der Waals surface area contributed by atoms with Gasteiger partial charge >= 0.3 is 0 Å². The van der Waals surface area contributed by atoms with Crippen LogP contribution in [0.15, 0.2) is 30.3 Å². The molecule has 2 fully saturated rings. The number of likely N-dealkylation sites (tertiary alicyclic amines) is 1. The number of nitrogens with two attached hydrogens (primary N) is 1. The largest absolute Gasteiger partial charge is 0.375 e. The molecule has 1 aromatic rings. The Balaban J connectivity index is 0.00000243. The van der Waals surface area contributed by atoms with Crippen LogP contribution in [-0.4, -0.2) is 36.1 Å². The quantitative estimate of drug-likeness (QED) is 0.837. The minimum absolute atomic E-state index is 0. The number of halogens is 1. The molecule has 0 radical (unpaired) electrons. The topological polar surface area (TPSA) is 55.6 Å². The van der Waals surface area contributed by atoms with Crippen LogP contribution < -0.4 is 5.73 Å². The molecule has 2 aliphatic rings. The number of ether oxygens (including phenoxy) is 1. The highest BCUT2D eigenvalue weighted by atomic mass is 35.5. The van der Waals surface area contributed by atoms with Crippen molar-refractivity contribution in [3.05, 3.63) is 35.9 Å². The molecular weight excluding hydrogens is 348 g/mol. The van der Waals surface area contributed by atoms with Gasteiger partial charge in [0.25, 0.3) is 0 Å². The number of amides is 1. The van der Waals surface area contributed by atoms with Crippen LogP contribution >= 0.6 is 12.4 Å². The molecule has 1 aliphatic carbocycles. The highest BCUT2D eigenvalue weighted by Crippen LogP contribution is 2.28. The molecule has 0 aromatic heterocycles. The van der Waals surface area contributed by atoms with Gasteiger partial charge in [0.05, 0.1) is 12.2 Å². The van der Waals surface area contributed by atoms with Gasteiger partial charge in [0, 0.05) is 25.6 Å². The highest BCUT2D eigenvalue weighted by Gasteiger charge is 2.27. The molecule has 3 rings (SSSR count). The molecule has 5 heteroatoms. The zero-order chi connectivity index (χ0) is 17.6. The van der Waals surface area contributed by atoms with Crippen molar-refractivity contribution in [2.24, 2.45) is 11.7 Å². The van der Waals surface area contributed by atoms with Gasteiger partial charge in [-0.3, -0.25) is 4.79 Å². The van der Waals surface area contributed by atoms with Crippen LogP contribution in [0.5, 0.6) is 0 Å². The van der Waals surface area contributed by atoms with Crippen molar-refractivity contribution in [1.82, 2.24) is 4.90 Å². The lowest BCUT2D eigenvalue weighted by atomic mass is 9.88. The zero-order valence-corrected chi connectivity index (χ0v) is 16.6. The van der Waals surface area contributed by atoms with E-state index < -0.39 is 0 Å². The molecule has 146 valence electrons. The van der Waals surface area contributed by atoms with Gasteiger partial charge in [-0.25, -0.2) is 0 Å². The summed E-state index contributed by atoms with van der Waals surface area (Å²) >= 11 is 0. The maximum absolute atomic E-state index is 12.5. The van der Waals surface area contributed by atoms with Crippen LogP contribution in [0.3, 0.4) is 0 Å². The van der Waals surface area contributed by atoms with E-state index in [1.807, 2.05) is 35.2 Å².